The molecule has 0 aliphatic carbocycles. The van der Waals surface area contributed by atoms with Crippen molar-refractivity contribution in [3.63, 3.8) is 0 Å². The average Bonchev–Trinajstić information content (AvgIpc) is 3.25. The highest BCUT2D eigenvalue weighted by molar-refractivity contribution is 5.95. The van der Waals surface area contributed by atoms with Crippen LogP contribution in [-0.4, -0.2) is 41.7 Å². The van der Waals surface area contributed by atoms with E-state index in [-0.39, 0.29) is 17.4 Å². The molecule has 0 saturated heterocycles. The zero-order valence-electron chi connectivity index (χ0n) is 15.4. The van der Waals surface area contributed by atoms with Crippen LogP contribution in [0.2, 0.25) is 0 Å². The van der Waals surface area contributed by atoms with Crippen LogP contribution in [0.1, 0.15) is 37.0 Å². The molecule has 0 radical (unpaired) electrons. The predicted octanol–water partition coefficient (Wildman–Crippen LogP) is 2.01. The van der Waals surface area contributed by atoms with Crippen molar-refractivity contribution >= 4 is 5.91 Å². The fraction of sp³-hybridized carbons (Fsp3) is 0.389. The lowest BCUT2D eigenvalue weighted by Gasteiger charge is -2.31. The Morgan fingerprint density at radius 1 is 1.31 bits per heavy atom. The van der Waals surface area contributed by atoms with Gasteiger partial charge in [-0.2, -0.15) is 4.68 Å². The number of aromatic nitrogens is 6. The minimum atomic E-state index is -0.127. The summed E-state index contributed by atoms with van der Waals surface area (Å²) in [6.45, 7) is 8.79. The second-order valence-electron chi connectivity index (χ2n) is 7.34. The first-order valence-electron chi connectivity index (χ1n) is 8.46. The Morgan fingerprint density at radius 2 is 2.12 bits per heavy atom. The Balaban J connectivity index is 1.80. The van der Waals surface area contributed by atoms with E-state index in [0.717, 1.165) is 5.69 Å². The fourth-order valence-electron chi connectivity index (χ4n) is 2.63. The molecule has 26 heavy (non-hydrogen) atoms. The Hall–Kier alpha value is -3.03. The molecule has 0 unspecified atom stereocenters. The summed E-state index contributed by atoms with van der Waals surface area (Å²) in [5.74, 6) is 0.535. The van der Waals surface area contributed by atoms with Gasteiger partial charge in [0.25, 0.3) is 5.91 Å². The minimum absolute atomic E-state index is 0.0531. The minimum Gasteiger partial charge on any atom is -0.347 e. The summed E-state index contributed by atoms with van der Waals surface area (Å²) in [6, 6.07) is 7.22. The number of carbonyl (C=O) groups is 1. The summed E-state index contributed by atoms with van der Waals surface area (Å²) in [6.07, 6.45) is 5.39. The average molecular weight is 353 g/mol. The molecule has 1 amide bonds. The molecular formula is C18H23N7O. The van der Waals surface area contributed by atoms with Gasteiger partial charge in [0.15, 0.2) is 5.82 Å². The van der Waals surface area contributed by atoms with Gasteiger partial charge >= 0.3 is 0 Å². The van der Waals surface area contributed by atoms with Crippen molar-refractivity contribution in [3.8, 4) is 5.69 Å². The van der Waals surface area contributed by atoms with Crippen molar-refractivity contribution < 1.29 is 4.79 Å². The van der Waals surface area contributed by atoms with E-state index in [1.165, 1.54) is 0 Å². The summed E-state index contributed by atoms with van der Waals surface area (Å²) in [7, 11) is 0. The number of rotatable bonds is 5. The van der Waals surface area contributed by atoms with Gasteiger partial charge in [-0.05, 0) is 41.0 Å². The van der Waals surface area contributed by atoms with Crippen LogP contribution in [0.3, 0.4) is 0 Å². The molecule has 0 bridgehead atoms. The first-order valence-corrected chi connectivity index (χ1v) is 8.46. The number of carbonyl (C=O) groups excluding carboxylic acids is 1. The standard InChI is InChI=1S/C18H23N7O/c1-13-21-22-23-25(13)15-7-5-6-14(10-15)17(26)20-16(18(2,3)4)11-24-9-8-19-12-24/h5-10,12,16H,11H2,1-4H3,(H,20,26)/t16-/m0/s1. The summed E-state index contributed by atoms with van der Waals surface area (Å²) < 4.78 is 3.57. The highest BCUT2D eigenvalue weighted by Gasteiger charge is 2.27. The maximum atomic E-state index is 12.8. The van der Waals surface area contributed by atoms with Crippen molar-refractivity contribution in [3.05, 3.63) is 54.4 Å². The lowest BCUT2D eigenvalue weighted by atomic mass is 9.86. The van der Waals surface area contributed by atoms with Crippen molar-refractivity contribution in [1.29, 1.82) is 0 Å². The smallest absolute Gasteiger partial charge is 0.251 e. The largest absolute Gasteiger partial charge is 0.347 e. The van der Waals surface area contributed by atoms with Crippen LogP contribution in [-0.2, 0) is 6.54 Å². The summed E-state index contributed by atoms with van der Waals surface area (Å²) in [4.78, 5) is 16.9. The van der Waals surface area contributed by atoms with Crippen LogP contribution in [0.4, 0.5) is 0 Å². The zero-order valence-corrected chi connectivity index (χ0v) is 15.4. The van der Waals surface area contributed by atoms with Crippen molar-refractivity contribution in [2.75, 3.05) is 0 Å². The predicted molar refractivity (Wildman–Crippen MR) is 96.8 cm³/mol. The molecule has 2 heterocycles. The maximum Gasteiger partial charge on any atom is 0.251 e. The molecule has 0 spiro atoms. The SMILES string of the molecule is Cc1nnnn1-c1cccc(C(=O)N[C@@H](Cn2ccnc2)C(C)(C)C)c1. The Bertz CT molecular complexity index is 877. The number of benzene rings is 1. The van der Waals surface area contributed by atoms with Crippen LogP contribution in [0.15, 0.2) is 43.0 Å². The molecule has 8 heteroatoms. The summed E-state index contributed by atoms with van der Waals surface area (Å²) in [5, 5.41) is 14.6. The van der Waals surface area contributed by atoms with Gasteiger partial charge in [0, 0.05) is 24.5 Å². The lowest BCUT2D eigenvalue weighted by molar-refractivity contribution is 0.0892. The van der Waals surface area contributed by atoms with Crippen molar-refractivity contribution in [2.45, 2.75) is 40.3 Å². The zero-order chi connectivity index (χ0) is 18.7. The van der Waals surface area contributed by atoms with Gasteiger partial charge in [-0.3, -0.25) is 4.79 Å². The van der Waals surface area contributed by atoms with E-state index < -0.39 is 0 Å². The van der Waals surface area contributed by atoms with Crippen LogP contribution >= 0.6 is 0 Å². The third-order valence-electron chi connectivity index (χ3n) is 4.28. The van der Waals surface area contributed by atoms with Gasteiger partial charge in [-0.1, -0.05) is 26.8 Å². The molecule has 1 aromatic carbocycles. The summed E-state index contributed by atoms with van der Waals surface area (Å²) >= 11 is 0. The number of aryl methyl sites for hydroxylation is 1. The van der Waals surface area contributed by atoms with Gasteiger partial charge in [0.1, 0.15) is 0 Å². The van der Waals surface area contributed by atoms with Crippen LogP contribution in [0, 0.1) is 12.3 Å². The monoisotopic (exact) mass is 353 g/mol. The van der Waals surface area contributed by atoms with E-state index in [1.807, 2.05) is 29.8 Å². The molecule has 0 aliphatic heterocycles. The molecule has 0 fully saturated rings. The first kappa shape index (κ1) is 17.8. The van der Waals surface area contributed by atoms with Crippen molar-refractivity contribution in [2.24, 2.45) is 5.41 Å². The fourth-order valence-corrected chi connectivity index (χ4v) is 2.63. The van der Waals surface area contributed by atoms with Gasteiger partial charge in [0.05, 0.1) is 18.1 Å². The third kappa shape index (κ3) is 3.96. The molecule has 3 rings (SSSR count). The molecule has 2 aromatic heterocycles. The van der Waals surface area contributed by atoms with Crippen LogP contribution in [0.25, 0.3) is 5.69 Å². The molecule has 1 atom stereocenters. The van der Waals surface area contributed by atoms with E-state index in [0.29, 0.717) is 17.9 Å². The highest BCUT2D eigenvalue weighted by atomic mass is 16.1. The van der Waals surface area contributed by atoms with Gasteiger partial charge in [0.2, 0.25) is 0 Å². The second-order valence-corrected chi connectivity index (χ2v) is 7.34. The summed E-state index contributed by atoms with van der Waals surface area (Å²) in [5.41, 5.74) is 1.21. The quantitative estimate of drug-likeness (QED) is 0.758. The van der Waals surface area contributed by atoms with E-state index in [4.69, 9.17) is 0 Å². The number of nitrogens with one attached hydrogen (secondary N) is 1. The van der Waals surface area contributed by atoms with Gasteiger partial charge in [-0.25, -0.2) is 4.98 Å². The maximum absolute atomic E-state index is 12.8. The first-order chi connectivity index (χ1) is 12.3. The van der Waals surface area contributed by atoms with E-state index in [2.05, 4.69) is 46.6 Å². The van der Waals surface area contributed by atoms with E-state index in [1.54, 1.807) is 29.3 Å². The number of hydrogen-bond acceptors (Lipinski definition) is 5. The molecule has 0 saturated carbocycles. The Labute approximate surface area is 152 Å². The number of nitrogens with zero attached hydrogens (tertiary/aromatic N) is 6. The van der Waals surface area contributed by atoms with Crippen LogP contribution < -0.4 is 5.32 Å². The van der Waals surface area contributed by atoms with E-state index >= 15 is 0 Å². The highest BCUT2D eigenvalue weighted by Crippen LogP contribution is 2.21. The van der Waals surface area contributed by atoms with Crippen LogP contribution in [0.5, 0.6) is 0 Å². The topological polar surface area (TPSA) is 90.5 Å². The number of hydrogen-bond donors (Lipinski definition) is 1. The Kier molecular flexibility index (Phi) is 4.83. The number of imidazole rings is 1. The molecule has 3 aromatic rings. The lowest BCUT2D eigenvalue weighted by Crippen LogP contribution is -2.46. The normalized spacial score (nSPS) is 12.8. The van der Waals surface area contributed by atoms with Gasteiger partial charge < -0.3 is 9.88 Å². The molecule has 136 valence electrons. The molecule has 0 aliphatic rings. The molecular weight excluding hydrogens is 330 g/mol. The molecule has 1 N–H and O–H groups in total. The number of tetrazole rings is 1. The second kappa shape index (κ2) is 7.07. The van der Waals surface area contributed by atoms with Gasteiger partial charge in [-0.15, -0.1) is 5.10 Å². The molecule has 8 nitrogen and oxygen atoms in total. The Morgan fingerprint density at radius 3 is 2.73 bits per heavy atom. The number of amides is 1. The third-order valence-corrected chi connectivity index (χ3v) is 4.28. The van der Waals surface area contributed by atoms with E-state index in [9.17, 15) is 4.79 Å². The van der Waals surface area contributed by atoms with Crippen molar-refractivity contribution in [1.82, 2.24) is 35.1 Å².